The second-order valence-corrected chi connectivity index (χ2v) is 7.90. The molecule has 1 aliphatic heterocycles. The molecule has 0 bridgehead atoms. The van der Waals surface area contributed by atoms with Gasteiger partial charge in [-0.1, -0.05) is 24.3 Å². The van der Waals surface area contributed by atoms with E-state index in [-0.39, 0.29) is 36.9 Å². The van der Waals surface area contributed by atoms with Crippen LogP contribution in [0.4, 0.5) is 0 Å². The number of aromatic nitrogens is 2. The Morgan fingerprint density at radius 2 is 1.80 bits per heavy atom. The number of amides is 2. The lowest BCUT2D eigenvalue weighted by molar-refractivity contribution is -0.133. The predicted molar refractivity (Wildman–Crippen MR) is 111 cm³/mol. The Hall–Kier alpha value is -3.16. The highest BCUT2D eigenvalue weighted by atomic mass is 16.2. The van der Waals surface area contributed by atoms with E-state index in [1.54, 1.807) is 4.90 Å². The van der Waals surface area contributed by atoms with Crippen molar-refractivity contribution in [3.63, 3.8) is 0 Å². The summed E-state index contributed by atoms with van der Waals surface area (Å²) in [7, 11) is 0. The van der Waals surface area contributed by atoms with Gasteiger partial charge < -0.3 is 10.2 Å². The van der Waals surface area contributed by atoms with E-state index >= 15 is 0 Å². The molecule has 1 aliphatic carbocycles. The minimum absolute atomic E-state index is 0.0559. The highest BCUT2D eigenvalue weighted by Gasteiger charge is 2.21. The maximum absolute atomic E-state index is 12.5. The average molecular weight is 410 g/mol. The summed E-state index contributed by atoms with van der Waals surface area (Å²) in [6.45, 7) is 1.34. The Balaban J connectivity index is 1.32. The van der Waals surface area contributed by atoms with Gasteiger partial charge in [0.1, 0.15) is 0 Å². The number of nitrogens with zero attached hydrogens (tertiary/aromatic N) is 2. The zero-order valence-corrected chi connectivity index (χ0v) is 16.9. The summed E-state index contributed by atoms with van der Waals surface area (Å²) in [5.41, 5.74) is 3.01. The van der Waals surface area contributed by atoms with Gasteiger partial charge in [-0.25, -0.2) is 4.79 Å². The number of benzene rings is 1. The van der Waals surface area contributed by atoms with Crippen LogP contribution in [-0.2, 0) is 41.9 Å². The molecule has 1 aromatic heterocycles. The van der Waals surface area contributed by atoms with Crippen molar-refractivity contribution in [2.45, 2.75) is 51.6 Å². The van der Waals surface area contributed by atoms with Crippen molar-refractivity contribution in [3.05, 3.63) is 67.5 Å². The number of aromatic amines is 1. The lowest BCUT2D eigenvalue weighted by Gasteiger charge is -2.29. The highest BCUT2D eigenvalue weighted by Crippen LogP contribution is 2.18. The molecule has 0 unspecified atom stereocenters. The summed E-state index contributed by atoms with van der Waals surface area (Å²) in [5, 5.41) is 2.67. The van der Waals surface area contributed by atoms with Crippen molar-refractivity contribution >= 4 is 11.8 Å². The minimum Gasteiger partial charge on any atom is -0.347 e. The van der Waals surface area contributed by atoms with E-state index in [1.807, 2.05) is 18.2 Å². The number of hydrogen-bond donors (Lipinski definition) is 2. The molecule has 0 radical (unpaired) electrons. The van der Waals surface area contributed by atoms with Crippen LogP contribution in [0.3, 0.4) is 0 Å². The van der Waals surface area contributed by atoms with Gasteiger partial charge in [-0.3, -0.25) is 23.9 Å². The second-order valence-electron chi connectivity index (χ2n) is 7.90. The van der Waals surface area contributed by atoms with Crippen LogP contribution in [0.25, 0.3) is 0 Å². The second kappa shape index (κ2) is 8.69. The quantitative estimate of drug-likeness (QED) is 0.749. The fourth-order valence-corrected chi connectivity index (χ4v) is 4.33. The third-order valence-corrected chi connectivity index (χ3v) is 5.99. The zero-order valence-electron chi connectivity index (χ0n) is 16.9. The Morgan fingerprint density at radius 3 is 2.63 bits per heavy atom. The van der Waals surface area contributed by atoms with Gasteiger partial charge in [-0.05, 0) is 43.2 Å². The van der Waals surface area contributed by atoms with Gasteiger partial charge in [0.15, 0.2) is 0 Å². The van der Waals surface area contributed by atoms with E-state index in [1.165, 1.54) is 10.1 Å². The summed E-state index contributed by atoms with van der Waals surface area (Å²) in [6.07, 6.45) is 4.08. The van der Waals surface area contributed by atoms with Gasteiger partial charge in [0.25, 0.3) is 5.56 Å². The Labute approximate surface area is 173 Å². The standard InChI is InChI=1S/C22H26N4O4/c27-19(10-12-26-18-8-4-3-7-17(18)21(29)24-22(26)30)23-13-20(28)25-11-9-15-5-1-2-6-16(15)14-25/h1-2,5-6H,3-4,7-14H2,(H,23,27)(H,24,29,30). The van der Waals surface area contributed by atoms with Crippen LogP contribution in [0.15, 0.2) is 33.9 Å². The molecule has 0 saturated carbocycles. The first kappa shape index (κ1) is 20.1. The molecule has 158 valence electrons. The van der Waals surface area contributed by atoms with Crippen LogP contribution in [0.1, 0.15) is 41.6 Å². The lowest BCUT2D eigenvalue weighted by atomic mass is 9.97. The fraction of sp³-hybridized carbons (Fsp3) is 0.455. The first-order valence-corrected chi connectivity index (χ1v) is 10.5. The van der Waals surface area contributed by atoms with Crippen LogP contribution < -0.4 is 16.6 Å². The van der Waals surface area contributed by atoms with Crippen LogP contribution >= 0.6 is 0 Å². The van der Waals surface area contributed by atoms with E-state index in [0.29, 0.717) is 31.5 Å². The molecule has 30 heavy (non-hydrogen) atoms. The summed E-state index contributed by atoms with van der Waals surface area (Å²) >= 11 is 0. The van der Waals surface area contributed by atoms with Gasteiger partial charge in [0, 0.05) is 37.3 Å². The first-order valence-electron chi connectivity index (χ1n) is 10.5. The maximum atomic E-state index is 12.5. The average Bonchev–Trinajstić information content (AvgIpc) is 2.77. The zero-order chi connectivity index (χ0) is 21.1. The summed E-state index contributed by atoms with van der Waals surface area (Å²) in [5.74, 6) is -0.403. The monoisotopic (exact) mass is 410 g/mol. The minimum atomic E-state index is -0.475. The first-order chi connectivity index (χ1) is 14.5. The molecule has 2 N–H and O–H groups in total. The van der Waals surface area contributed by atoms with E-state index < -0.39 is 5.69 Å². The molecule has 2 heterocycles. The largest absolute Gasteiger partial charge is 0.347 e. The predicted octanol–water partition coefficient (Wildman–Crippen LogP) is 0.507. The van der Waals surface area contributed by atoms with Crippen molar-refractivity contribution in [2.75, 3.05) is 13.1 Å². The summed E-state index contributed by atoms with van der Waals surface area (Å²) < 4.78 is 1.50. The molecule has 1 aromatic carbocycles. The molecule has 2 aliphatic rings. The normalized spacial score (nSPS) is 15.3. The van der Waals surface area contributed by atoms with Crippen LogP contribution in [0.2, 0.25) is 0 Å². The van der Waals surface area contributed by atoms with Crippen molar-refractivity contribution in [3.8, 4) is 0 Å². The van der Waals surface area contributed by atoms with Gasteiger partial charge in [0.05, 0.1) is 6.54 Å². The number of hydrogen-bond acceptors (Lipinski definition) is 4. The molecule has 8 heteroatoms. The molecule has 0 atom stereocenters. The molecular weight excluding hydrogens is 384 g/mol. The highest BCUT2D eigenvalue weighted by molar-refractivity contribution is 5.84. The van der Waals surface area contributed by atoms with E-state index in [9.17, 15) is 19.2 Å². The topological polar surface area (TPSA) is 104 Å². The third kappa shape index (κ3) is 4.22. The molecule has 2 aromatic rings. The Bertz CT molecular complexity index is 1090. The number of carbonyl (C=O) groups is 2. The Kier molecular flexibility index (Phi) is 5.83. The Morgan fingerprint density at radius 1 is 1.03 bits per heavy atom. The molecule has 4 rings (SSSR count). The van der Waals surface area contributed by atoms with Gasteiger partial charge in [-0.2, -0.15) is 0 Å². The molecule has 0 saturated heterocycles. The molecule has 0 fully saturated rings. The number of carbonyl (C=O) groups excluding carboxylic acids is 2. The van der Waals surface area contributed by atoms with Gasteiger partial charge >= 0.3 is 5.69 Å². The van der Waals surface area contributed by atoms with E-state index in [0.717, 1.165) is 30.5 Å². The third-order valence-electron chi connectivity index (χ3n) is 5.99. The molecule has 8 nitrogen and oxygen atoms in total. The lowest BCUT2D eigenvalue weighted by Crippen LogP contribution is -2.43. The van der Waals surface area contributed by atoms with Crippen molar-refractivity contribution < 1.29 is 9.59 Å². The van der Waals surface area contributed by atoms with Gasteiger partial charge in [0.2, 0.25) is 11.8 Å². The summed E-state index contributed by atoms with van der Waals surface area (Å²) in [6, 6.07) is 8.07. The van der Waals surface area contributed by atoms with Crippen molar-refractivity contribution in [2.24, 2.45) is 0 Å². The molecule has 0 spiro atoms. The van der Waals surface area contributed by atoms with E-state index in [4.69, 9.17) is 0 Å². The molecule has 2 amide bonds. The number of H-pyrrole nitrogens is 1. The number of rotatable bonds is 5. The van der Waals surface area contributed by atoms with Crippen molar-refractivity contribution in [1.82, 2.24) is 19.8 Å². The van der Waals surface area contributed by atoms with Crippen LogP contribution in [0.5, 0.6) is 0 Å². The molecular formula is C22H26N4O4. The van der Waals surface area contributed by atoms with E-state index in [2.05, 4.69) is 16.4 Å². The fourth-order valence-electron chi connectivity index (χ4n) is 4.33. The summed E-state index contributed by atoms with van der Waals surface area (Å²) in [4.78, 5) is 53.1. The smallest absolute Gasteiger partial charge is 0.328 e. The SMILES string of the molecule is O=C(CCn1c2c(c(=O)[nH]c1=O)CCCC2)NCC(=O)N1CCc2ccccc2C1. The van der Waals surface area contributed by atoms with Crippen LogP contribution in [-0.4, -0.2) is 39.4 Å². The van der Waals surface area contributed by atoms with Gasteiger partial charge in [-0.15, -0.1) is 0 Å². The maximum Gasteiger partial charge on any atom is 0.328 e. The van der Waals surface area contributed by atoms with Crippen LogP contribution in [0, 0.1) is 0 Å². The number of fused-ring (bicyclic) bond motifs is 2. The number of nitrogens with one attached hydrogen (secondary N) is 2. The van der Waals surface area contributed by atoms with Crippen molar-refractivity contribution in [1.29, 1.82) is 0 Å².